The molecule has 2 aromatic heterocycles. The van der Waals surface area contributed by atoms with Gasteiger partial charge in [-0.05, 0) is 31.2 Å². The summed E-state index contributed by atoms with van der Waals surface area (Å²) in [6.45, 7) is 4.32. The third-order valence-electron chi connectivity index (χ3n) is 5.67. The fraction of sp³-hybridized carbons (Fsp3) is 0.435. The molecular weight excluding hydrogens is 563 g/mol. The molecule has 0 bridgehead atoms. The lowest BCUT2D eigenvalue weighted by Crippen LogP contribution is -2.38. The Morgan fingerprint density at radius 1 is 1.07 bits per heavy atom. The van der Waals surface area contributed by atoms with Gasteiger partial charge in [-0.25, -0.2) is 19.0 Å². The molecule has 4 heterocycles. The number of ether oxygens (including phenoxy) is 2. The van der Waals surface area contributed by atoms with Gasteiger partial charge in [-0.15, -0.1) is 0 Å². The third kappa shape index (κ3) is 8.75. The van der Waals surface area contributed by atoms with Crippen LogP contribution in [-0.2, 0) is 14.3 Å². The van der Waals surface area contributed by atoms with Gasteiger partial charge in [0.05, 0.1) is 30.8 Å². The number of rotatable bonds is 4. The van der Waals surface area contributed by atoms with Gasteiger partial charge in [-0.3, -0.25) is 9.78 Å². The highest BCUT2D eigenvalue weighted by atomic mass is 19.4. The number of alkyl halides is 6. The number of carbonyl (C=O) groups excluding carboxylic acids is 1. The second-order valence-corrected chi connectivity index (χ2v) is 8.63. The molecule has 4 rings (SSSR count). The maximum atomic E-state index is 13.8. The van der Waals surface area contributed by atoms with Gasteiger partial charge in [0.1, 0.15) is 0 Å². The van der Waals surface area contributed by atoms with Gasteiger partial charge in [0.15, 0.2) is 5.82 Å². The molecule has 0 saturated carbocycles. The van der Waals surface area contributed by atoms with Crippen molar-refractivity contribution >= 4 is 17.8 Å². The Bertz CT molecular complexity index is 1170. The van der Waals surface area contributed by atoms with E-state index in [9.17, 15) is 35.5 Å². The van der Waals surface area contributed by atoms with E-state index in [2.05, 4.69) is 9.97 Å². The number of aliphatic carboxylic acids is 2. The molecule has 17 heteroatoms. The highest BCUT2D eigenvalue weighted by Crippen LogP contribution is 2.42. The van der Waals surface area contributed by atoms with E-state index in [1.54, 1.807) is 12.3 Å². The lowest BCUT2D eigenvalue weighted by atomic mass is 9.82. The van der Waals surface area contributed by atoms with Gasteiger partial charge in [0, 0.05) is 37.1 Å². The Balaban J connectivity index is 0.000000333. The summed E-state index contributed by atoms with van der Waals surface area (Å²) in [7, 11) is 0. The van der Waals surface area contributed by atoms with Crippen molar-refractivity contribution in [1.82, 2.24) is 14.9 Å². The quantitative estimate of drug-likeness (QED) is 0.517. The summed E-state index contributed by atoms with van der Waals surface area (Å²) in [5.74, 6) is -5.90. The number of carboxylic acids is 2. The third-order valence-corrected chi connectivity index (χ3v) is 5.67. The number of fused-ring (bicyclic) bond motifs is 1. The Morgan fingerprint density at radius 2 is 1.68 bits per heavy atom. The minimum Gasteiger partial charge on any atom is -0.475 e. The van der Waals surface area contributed by atoms with Crippen molar-refractivity contribution in [3.05, 3.63) is 53.7 Å². The number of halogens is 7. The highest BCUT2D eigenvalue weighted by Gasteiger charge is 2.52. The Morgan fingerprint density at radius 3 is 2.17 bits per heavy atom. The van der Waals surface area contributed by atoms with Crippen LogP contribution in [0.4, 0.5) is 30.7 Å². The minimum atomic E-state index is -5.08. The van der Waals surface area contributed by atoms with E-state index in [0.717, 1.165) is 5.69 Å². The molecule has 2 aliphatic heterocycles. The summed E-state index contributed by atoms with van der Waals surface area (Å²) in [6, 6.07) is 6.46. The molecule has 2 saturated heterocycles. The van der Waals surface area contributed by atoms with Gasteiger partial charge in [-0.2, -0.15) is 26.3 Å². The van der Waals surface area contributed by atoms with E-state index in [0.29, 0.717) is 31.9 Å². The number of hydrogen-bond acceptors (Lipinski definition) is 7. The number of aryl methyl sites for hydroxylation is 1. The molecule has 2 aromatic rings. The molecule has 0 radical (unpaired) electrons. The first-order valence-corrected chi connectivity index (χ1v) is 11.1. The highest BCUT2D eigenvalue weighted by molar-refractivity contribution is 5.94. The topological polar surface area (TPSA) is 139 Å². The van der Waals surface area contributed by atoms with Crippen molar-refractivity contribution in [2.45, 2.75) is 19.3 Å². The molecule has 40 heavy (non-hydrogen) atoms. The molecule has 10 nitrogen and oxygen atoms in total. The molecule has 2 fully saturated rings. The van der Waals surface area contributed by atoms with Crippen molar-refractivity contribution in [3.8, 4) is 5.88 Å². The zero-order valence-corrected chi connectivity index (χ0v) is 20.5. The van der Waals surface area contributed by atoms with E-state index in [1.807, 2.05) is 17.9 Å². The van der Waals surface area contributed by atoms with E-state index in [4.69, 9.17) is 29.3 Å². The standard InChI is InChI=1S/C19H20FN3O3.2C2HF3O2/c1-13-4-5-14(7-22-13)18(24)23-8-15-9-25-11-19(15,10-23)12-26-17-16(20)3-2-6-21-17;2*3-2(4,5)1(6)7/h2-7,15H,8-12H2,1H3;2*(H,6,7)/t15-,19+;;/m1../s1. The average Bonchev–Trinajstić information content (AvgIpc) is 3.41. The Hall–Kier alpha value is -4.02. The number of aromatic nitrogens is 2. The molecule has 2 atom stereocenters. The Kier molecular flexibility index (Phi) is 10.4. The number of carbonyl (C=O) groups is 3. The molecule has 0 spiro atoms. The minimum absolute atomic E-state index is 0.0139. The molecule has 2 N–H and O–H groups in total. The van der Waals surface area contributed by atoms with E-state index in [1.165, 1.54) is 18.3 Å². The van der Waals surface area contributed by atoms with Gasteiger partial charge in [-0.1, -0.05) is 0 Å². The molecular formula is C23H22F7N3O7. The summed E-state index contributed by atoms with van der Waals surface area (Å²) in [5.41, 5.74) is 1.11. The summed E-state index contributed by atoms with van der Waals surface area (Å²) in [6.07, 6.45) is -7.07. The zero-order valence-electron chi connectivity index (χ0n) is 20.5. The van der Waals surface area contributed by atoms with E-state index < -0.39 is 30.1 Å². The summed E-state index contributed by atoms with van der Waals surface area (Å²) >= 11 is 0. The fourth-order valence-corrected chi connectivity index (χ4v) is 3.66. The van der Waals surface area contributed by atoms with Crippen molar-refractivity contribution in [3.63, 3.8) is 0 Å². The number of carboxylic acid groups (broad SMARTS) is 2. The first kappa shape index (κ1) is 32.2. The van der Waals surface area contributed by atoms with Crippen LogP contribution in [0.15, 0.2) is 36.7 Å². The number of pyridine rings is 2. The van der Waals surface area contributed by atoms with Crippen molar-refractivity contribution in [2.75, 3.05) is 32.9 Å². The van der Waals surface area contributed by atoms with Crippen molar-refractivity contribution in [2.24, 2.45) is 11.3 Å². The van der Waals surface area contributed by atoms with Crippen LogP contribution in [0.5, 0.6) is 5.88 Å². The molecule has 2 aliphatic rings. The maximum Gasteiger partial charge on any atom is 0.490 e. The lowest BCUT2D eigenvalue weighted by molar-refractivity contribution is -0.193. The largest absolute Gasteiger partial charge is 0.490 e. The normalized spacial score (nSPS) is 19.9. The van der Waals surface area contributed by atoms with E-state index >= 15 is 0 Å². The predicted molar refractivity (Wildman–Crippen MR) is 119 cm³/mol. The van der Waals surface area contributed by atoms with Crippen LogP contribution < -0.4 is 4.74 Å². The van der Waals surface area contributed by atoms with Crippen LogP contribution in [0, 0.1) is 24.1 Å². The van der Waals surface area contributed by atoms with Crippen LogP contribution in [0.3, 0.4) is 0 Å². The van der Waals surface area contributed by atoms with Crippen molar-refractivity contribution in [1.29, 1.82) is 0 Å². The summed E-state index contributed by atoms with van der Waals surface area (Å²) in [4.78, 5) is 40.5. The van der Waals surface area contributed by atoms with Crippen LogP contribution in [-0.4, -0.2) is 88.2 Å². The number of likely N-dealkylation sites (tertiary alicyclic amines) is 1. The predicted octanol–water partition coefficient (Wildman–Crippen LogP) is 3.36. The van der Waals surface area contributed by atoms with Gasteiger partial charge in [0.25, 0.3) is 5.91 Å². The van der Waals surface area contributed by atoms with Crippen LogP contribution in [0.25, 0.3) is 0 Å². The molecule has 0 aromatic carbocycles. The van der Waals surface area contributed by atoms with Crippen molar-refractivity contribution < 1.29 is 64.8 Å². The fourth-order valence-electron chi connectivity index (χ4n) is 3.66. The molecule has 1 amide bonds. The second-order valence-electron chi connectivity index (χ2n) is 8.63. The smallest absolute Gasteiger partial charge is 0.475 e. The number of hydrogen-bond donors (Lipinski definition) is 2. The number of nitrogens with zero attached hydrogens (tertiary/aromatic N) is 3. The first-order chi connectivity index (χ1) is 18.5. The van der Waals surface area contributed by atoms with Gasteiger partial charge in [0.2, 0.25) is 5.88 Å². The van der Waals surface area contributed by atoms with Gasteiger partial charge >= 0.3 is 24.3 Å². The second kappa shape index (κ2) is 12.9. The van der Waals surface area contributed by atoms with Gasteiger partial charge < -0.3 is 24.6 Å². The summed E-state index contributed by atoms with van der Waals surface area (Å²) in [5, 5.41) is 14.2. The molecule has 0 aliphatic carbocycles. The first-order valence-electron chi connectivity index (χ1n) is 11.1. The number of amides is 1. The molecule has 220 valence electrons. The average molecular weight is 585 g/mol. The maximum absolute atomic E-state index is 13.8. The SMILES string of the molecule is Cc1ccc(C(=O)N2C[C@@H]3COC[C@]3(COc3ncccc3F)C2)cn1.O=C(O)C(F)(F)F.O=C(O)C(F)(F)F. The molecule has 0 unspecified atom stereocenters. The van der Waals surface area contributed by atoms with Crippen LogP contribution in [0.1, 0.15) is 16.1 Å². The van der Waals surface area contributed by atoms with Crippen LogP contribution in [0.2, 0.25) is 0 Å². The monoisotopic (exact) mass is 585 g/mol. The summed E-state index contributed by atoms with van der Waals surface area (Å²) < 4.78 is 88.5. The lowest BCUT2D eigenvalue weighted by Gasteiger charge is -2.26. The van der Waals surface area contributed by atoms with E-state index in [-0.39, 0.29) is 29.7 Å². The zero-order chi connectivity index (χ0) is 30.3. The Labute approximate surface area is 221 Å². The van der Waals surface area contributed by atoms with Crippen LogP contribution >= 0.6 is 0 Å².